The third-order valence-corrected chi connectivity index (χ3v) is 5.59. The summed E-state index contributed by atoms with van der Waals surface area (Å²) in [6, 6.07) is 8.04. The average molecular weight is 319 g/mol. The van der Waals surface area contributed by atoms with E-state index >= 15 is 0 Å². The molecule has 0 heterocycles. The number of benzene rings is 1. The average Bonchev–Trinajstić information content (AvgIpc) is 2.45. The van der Waals surface area contributed by atoms with Gasteiger partial charge in [-0.2, -0.15) is 0 Å². The first-order chi connectivity index (χ1) is 10.7. The molecule has 4 nitrogen and oxygen atoms in total. The molecule has 1 aliphatic carbocycles. The lowest BCUT2D eigenvalue weighted by Gasteiger charge is -2.53. The fourth-order valence-electron chi connectivity index (χ4n) is 3.92. The van der Waals surface area contributed by atoms with Gasteiger partial charge >= 0.3 is 5.97 Å². The van der Waals surface area contributed by atoms with E-state index in [1.807, 2.05) is 12.1 Å². The van der Waals surface area contributed by atoms with Crippen LogP contribution in [0.15, 0.2) is 24.3 Å². The number of phenols is 1. The Labute approximate surface area is 138 Å². The molecule has 0 bridgehead atoms. The number of rotatable bonds is 7. The van der Waals surface area contributed by atoms with Crippen LogP contribution in [0, 0.1) is 17.3 Å². The standard InChI is InChI=1S/C19H29NO3/c1-12(5-6-14-7-9-15(21)10-8-14)20-13(2)16-11-17(18(22)23)19(16,3)4/h7-10,12-13,16-17,20-21H,5-6,11H2,1-4H3,(H,22,23)/t12?,13?,16-,17+/m0/s1. The molecule has 1 aromatic carbocycles. The Kier molecular flexibility index (Phi) is 5.35. The molecule has 0 aliphatic heterocycles. The molecule has 0 amide bonds. The van der Waals surface area contributed by atoms with Crippen LogP contribution in [0.1, 0.15) is 46.1 Å². The second kappa shape index (κ2) is 6.91. The minimum absolute atomic E-state index is 0.144. The highest BCUT2D eigenvalue weighted by Crippen LogP contribution is 2.52. The first-order valence-corrected chi connectivity index (χ1v) is 8.48. The van der Waals surface area contributed by atoms with Crippen molar-refractivity contribution in [3.63, 3.8) is 0 Å². The number of aromatic hydroxyl groups is 1. The minimum Gasteiger partial charge on any atom is -0.508 e. The van der Waals surface area contributed by atoms with Crippen LogP contribution in [-0.2, 0) is 11.2 Å². The van der Waals surface area contributed by atoms with E-state index in [4.69, 9.17) is 0 Å². The van der Waals surface area contributed by atoms with Crippen LogP contribution in [0.3, 0.4) is 0 Å². The van der Waals surface area contributed by atoms with Gasteiger partial charge in [0, 0.05) is 12.1 Å². The Morgan fingerprint density at radius 2 is 1.91 bits per heavy atom. The molecule has 2 unspecified atom stereocenters. The van der Waals surface area contributed by atoms with E-state index in [1.54, 1.807) is 12.1 Å². The number of carbonyl (C=O) groups is 1. The molecular weight excluding hydrogens is 290 g/mol. The third-order valence-electron chi connectivity index (χ3n) is 5.59. The van der Waals surface area contributed by atoms with E-state index in [1.165, 1.54) is 5.56 Å². The Morgan fingerprint density at radius 1 is 1.30 bits per heavy atom. The number of hydrogen-bond donors (Lipinski definition) is 3. The summed E-state index contributed by atoms with van der Waals surface area (Å²) in [5, 5.41) is 22.2. The van der Waals surface area contributed by atoms with E-state index in [-0.39, 0.29) is 11.3 Å². The number of carboxylic acids is 1. The summed E-state index contributed by atoms with van der Waals surface area (Å²) in [5.41, 5.74) is 1.08. The van der Waals surface area contributed by atoms with Crippen LogP contribution < -0.4 is 5.32 Å². The maximum absolute atomic E-state index is 11.2. The maximum atomic E-state index is 11.2. The van der Waals surface area contributed by atoms with Crippen molar-refractivity contribution in [3.05, 3.63) is 29.8 Å². The second-order valence-corrected chi connectivity index (χ2v) is 7.62. The van der Waals surface area contributed by atoms with Crippen molar-refractivity contribution < 1.29 is 15.0 Å². The van der Waals surface area contributed by atoms with Crippen LogP contribution >= 0.6 is 0 Å². The van der Waals surface area contributed by atoms with Gasteiger partial charge in [-0.15, -0.1) is 0 Å². The summed E-state index contributed by atoms with van der Waals surface area (Å²) < 4.78 is 0. The van der Waals surface area contributed by atoms with Crippen LogP contribution in [0.25, 0.3) is 0 Å². The Balaban J connectivity index is 1.80. The predicted octanol–water partition coefficient (Wildman–Crippen LogP) is 3.44. The topological polar surface area (TPSA) is 69.6 Å². The predicted molar refractivity (Wildman–Crippen MR) is 91.5 cm³/mol. The van der Waals surface area contributed by atoms with Crippen LogP contribution in [0.2, 0.25) is 0 Å². The zero-order valence-corrected chi connectivity index (χ0v) is 14.5. The van der Waals surface area contributed by atoms with Gasteiger partial charge in [0.1, 0.15) is 5.75 Å². The van der Waals surface area contributed by atoms with Gasteiger partial charge in [-0.3, -0.25) is 4.79 Å². The quantitative estimate of drug-likeness (QED) is 0.720. The summed E-state index contributed by atoms with van der Waals surface area (Å²) in [7, 11) is 0. The van der Waals surface area contributed by atoms with Gasteiger partial charge in [0.15, 0.2) is 0 Å². The highest BCUT2D eigenvalue weighted by Gasteiger charge is 2.53. The molecule has 1 fully saturated rings. The number of phenolic OH excluding ortho intramolecular Hbond substituents is 1. The molecule has 4 atom stereocenters. The minimum atomic E-state index is -0.668. The molecule has 0 spiro atoms. The van der Waals surface area contributed by atoms with Crippen molar-refractivity contribution in [2.45, 2.75) is 59.0 Å². The van der Waals surface area contributed by atoms with E-state index in [0.717, 1.165) is 19.3 Å². The van der Waals surface area contributed by atoms with E-state index in [0.29, 0.717) is 23.8 Å². The van der Waals surface area contributed by atoms with Crippen molar-refractivity contribution >= 4 is 5.97 Å². The number of nitrogens with one attached hydrogen (secondary N) is 1. The second-order valence-electron chi connectivity index (χ2n) is 7.62. The molecule has 4 heteroatoms. The smallest absolute Gasteiger partial charge is 0.307 e. The monoisotopic (exact) mass is 319 g/mol. The molecule has 0 saturated heterocycles. The van der Waals surface area contributed by atoms with E-state index in [2.05, 4.69) is 33.0 Å². The first-order valence-electron chi connectivity index (χ1n) is 8.48. The lowest BCUT2D eigenvalue weighted by molar-refractivity contribution is -0.160. The molecule has 0 radical (unpaired) electrons. The zero-order chi connectivity index (χ0) is 17.2. The molecule has 128 valence electrons. The summed E-state index contributed by atoms with van der Waals surface area (Å²) in [4.78, 5) is 11.2. The van der Waals surface area contributed by atoms with Crippen molar-refractivity contribution in [2.24, 2.45) is 17.3 Å². The Hall–Kier alpha value is -1.55. The maximum Gasteiger partial charge on any atom is 0.307 e. The van der Waals surface area contributed by atoms with Crippen molar-refractivity contribution in [1.82, 2.24) is 5.32 Å². The van der Waals surface area contributed by atoms with Gasteiger partial charge in [-0.1, -0.05) is 26.0 Å². The van der Waals surface area contributed by atoms with Crippen molar-refractivity contribution in [3.8, 4) is 5.75 Å². The molecule has 1 saturated carbocycles. The van der Waals surface area contributed by atoms with Crippen LogP contribution in [-0.4, -0.2) is 28.3 Å². The van der Waals surface area contributed by atoms with Gasteiger partial charge in [0.2, 0.25) is 0 Å². The number of carboxylic acid groups (broad SMARTS) is 1. The zero-order valence-electron chi connectivity index (χ0n) is 14.5. The highest BCUT2D eigenvalue weighted by atomic mass is 16.4. The fraction of sp³-hybridized carbons (Fsp3) is 0.632. The third kappa shape index (κ3) is 4.05. The van der Waals surface area contributed by atoms with Crippen molar-refractivity contribution in [2.75, 3.05) is 0 Å². The van der Waals surface area contributed by atoms with Gasteiger partial charge in [0.05, 0.1) is 5.92 Å². The van der Waals surface area contributed by atoms with Gasteiger partial charge in [-0.25, -0.2) is 0 Å². The SMILES string of the molecule is CC(CCc1ccc(O)cc1)NC(C)[C@@H]1C[C@H](C(=O)O)C1(C)C. The largest absolute Gasteiger partial charge is 0.508 e. The summed E-state index contributed by atoms with van der Waals surface area (Å²) in [5.74, 6) is -0.184. The molecule has 1 aliphatic rings. The van der Waals surface area contributed by atoms with Crippen LogP contribution in [0.4, 0.5) is 0 Å². The Morgan fingerprint density at radius 3 is 2.43 bits per heavy atom. The Bertz CT molecular complexity index is 538. The summed E-state index contributed by atoms with van der Waals surface area (Å²) >= 11 is 0. The van der Waals surface area contributed by atoms with Crippen LogP contribution in [0.5, 0.6) is 5.75 Å². The lowest BCUT2D eigenvalue weighted by Crippen LogP contribution is -2.57. The van der Waals surface area contributed by atoms with E-state index in [9.17, 15) is 15.0 Å². The van der Waals surface area contributed by atoms with Gasteiger partial charge < -0.3 is 15.5 Å². The lowest BCUT2D eigenvalue weighted by atomic mass is 9.52. The molecular formula is C19H29NO3. The van der Waals surface area contributed by atoms with Gasteiger partial charge in [0.25, 0.3) is 0 Å². The summed E-state index contributed by atoms with van der Waals surface area (Å²) in [6.07, 6.45) is 2.75. The number of aryl methyl sites for hydroxylation is 1. The van der Waals surface area contributed by atoms with Gasteiger partial charge in [-0.05, 0) is 62.1 Å². The highest BCUT2D eigenvalue weighted by molar-refractivity contribution is 5.72. The molecule has 1 aromatic rings. The molecule has 0 aromatic heterocycles. The normalized spacial score (nSPS) is 25.4. The number of hydrogen-bond acceptors (Lipinski definition) is 3. The number of aliphatic carboxylic acids is 1. The first kappa shape index (κ1) is 17.8. The summed E-state index contributed by atoms with van der Waals surface area (Å²) in [6.45, 7) is 8.48. The van der Waals surface area contributed by atoms with Crippen molar-refractivity contribution in [1.29, 1.82) is 0 Å². The molecule has 3 N–H and O–H groups in total. The molecule has 2 rings (SSSR count). The molecule has 23 heavy (non-hydrogen) atoms. The fourth-order valence-corrected chi connectivity index (χ4v) is 3.92. The van der Waals surface area contributed by atoms with E-state index < -0.39 is 5.97 Å².